The number of ether oxygens (including phenoxy) is 2. The van der Waals surface area contributed by atoms with Crippen LogP contribution >= 0.6 is 0 Å². The van der Waals surface area contributed by atoms with Gasteiger partial charge in [0.05, 0.1) is 25.0 Å². The Balaban J connectivity index is 1.87. The number of anilines is 1. The van der Waals surface area contributed by atoms with E-state index in [1.807, 2.05) is 6.92 Å². The van der Waals surface area contributed by atoms with E-state index in [1.54, 1.807) is 42.5 Å². The lowest BCUT2D eigenvalue weighted by Crippen LogP contribution is -2.15. The molecule has 0 atom stereocenters. The van der Waals surface area contributed by atoms with Crippen LogP contribution in [0.5, 0.6) is 17.2 Å². The van der Waals surface area contributed by atoms with Crippen molar-refractivity contribution in [2.75, 3.05) is 19.0 Å². The number of carbonyl (C=O) groups is 1. The summed E-state index contributed by atoms with van der Waals surface area (Å²) >= 11 is 0. The lowest BCUT2D eigenvalue weighted by molar-refractivity contribution is 0.102. The van der Waals surface area contributed by atoms with Crippen molar-refractivity contribution in [3.63, 3.8) is 0 Å². The zero-order valence-corrected chi connectivity index (χ0v) is 15.5. The van der Waals surface area contributed by atoms with Crippen molar-refractivity contribution in [1.82, 2.24) is 4.98 Å². The van der Waals surface area contributed by atoms with Crippen LogP contribution in [0.1, 0.15) is 17.3 Å². The van der Waals surface area contributed by atoms with E-state index in [9.17, 15) is 14.7 Å². The van der Waals surface area contributed by atoms with Crippen LogP contribution < -0.4 is 20.3 Å². The number of carbonyl (C=O) groups excluding carboxylic acids is 1. The first-order chi connectivity index (χ1) is 13.5. The molecule has 0 fully saturated rings. The molecule has 0 bridgehead atoms. The highest BCUT2D eigenvalue weighted by molar-refractivity contribution is 6.06. The summed E-state index contributed by atoms with van der Waals surface area (Å²) in [6.45, 7) is 2.45. The van der Waals surface area contributed by atoms with E-state index in [0.717, 1.165) is 0 Å². The number of nitrogens with one attached hydrogen (secondary N) is 2. The molecule has 7 heteroatoms. The van der Waals surface area contributed by atoms with Crippen molar-refractivity contribution in [2.45, 2.75) is 6.92 Å². The van der Waals surface area contributed by atoms with E-state index in [0.29, 0.717) is 29.2 Å². The number of H-pyrrole nitrogens is 1. The summed E-state index contributed by atoms with van der Waals surface area (Å²) in [4.78, 5) is 27.3. The summed E-state index contributed by atoms with van der Waals surface area (Å²) in [6.07, 6.45) is 1.40. The molecule has 0 aliphatic carbocycles. The van der Waals surface area contributed by atoms with Gasteiger partial charge >= 0.3 is 0 Å². The molecule has 0 aliphatic rings. The number of para-hydroxylation sites is 1. The molecule has 0 saturated carbocycles. The number of rotatable bonds is 6. The zero-order chi connectivity index (χ0) is 20.1. The number of aromatic nitrogens is 1. The fraction of sp³-hybridized carbons (Fsp3) is 0.143. The molecular weight excluding hydrogens is 360 g/mol. The van der Waals surface area contributed by atoms with Gasteiger partial charge in [-0.2, -0.15) is 0 Å². The summed E-state index contributed by atoms with van der Waals surface area (Å²) in [5.41, 5.74) is 1.25. The Morgan fingerprint density at radius 2 is 1.93 bits per heavy atom. The lowest BCUT2D eigenvalue weighted by Gasteiger charge is -2.10. The first-order valence-electron chi connectivity index (χ1n) is 8.66. The van der Waals surface area contributed by atoms with Crippen molar-refractivity contribution >= 4 is 11.6 Å². The molecule has 3 aromatic rings. The minimum Gasteiger partial charge on any atom is -0.504 e. The van der Waals surface area contributed by atoms with Gasteiger partial charge in [-0.15, -0.1) is 0 Å². The Bertz CT molecular complexity index is 1040. The van der Waals surface area contributed by atoms with Gasteiger partial charge < -0.3 is 24.9 Å². The minimum atomic E-state index is -0.527. The molecule has 28 heavy (non-hydrogen) atoms. The molecule has 0 spiro atoms. The number of hydrogen-bond donors (Lipinski definition) is 3. The number of aromatic hydroxyl groups is 1. The van der Waals surface area contributed by atoms with E-state index in [1.165, 1.54) is 19.4 Å². The first-order valence-corrected chi connectivity index (χ1v) is 8.66. The van der Waals surface area contributed by atoms with E-state index >= 15 is 0 Å². The van der Waals surface area contributed by atoms with Crippen LogP contribution in [0.3, 0.4) is 0 Å². The highest BCUT2D eigenvalue weighted by Gasteiger charge is 2.15. The number of aromatic amines is 1. The maximum absolute atomic E-state index is 12.5. The van der Waals surface area contributed by atoms with Gasteiger partial charge in [0, 0.05) is 11.8 Å². The van der Waals surface area contributed by atoms with Crippen molar-refractivity contribution < 1.29 is 19.4 Å². The van der Waals surface area contributed by atoms with Crippen molar-refractivity contribution in [3.05, 3.63) is 70.6 Å². The van der Waals surface area contributed by atoms with Gasteiger partial charge in [-0.1, -0.05) is 18.2 Å². The van der Waals surface area contributed by atoms with Gasteiger partial charge in [-0.3, -0.25) is 9.59 Å². The molecule has 0 saturated heterocycles. The third-order valence-electron chi connectivity index (χ3n) is 4.10. The van der Waals surface area contributed by atoms with Crippen LogP contribution in [-0.2, 0) is 0 Å². The fourth-order valence-corrected chi connectivity index (χ4v) is 2.74. The molecule has 144 valence electrons. The second-order valence-electron chi connectivity index (χ2n) is 5.90. The molecule has 1 heterocycles. The normalized spacial score (nSPS) is 10.4. The Morgan fingerprint density at radius 1 is 1.18 bits per heavy atom. The molecule has 0 radical (unpaired) electrons. The number of phenolic OH excluding ortho intramolecular Hbond substituents is 1. The molecular formula is C21H20N2O5. The second-order valence-corrected chi connectivity index (χ2v) is 5.90. The standard InChI is InChI=1S/C21H20N2O5/c1-3-28-15-9-7-13(8-10-15)17-11-14(12-22-20(17)25)23-21(26)16-5-4-6-18(27-2)19(16)24/h4-12,24H,3H2,1-2H3,(H,22,25)(H,23,26). The molecule has 0 aliphatic heterocycles. The van der Waals surface area contributed by atoms with Crippen LogP contribution in [0.4, 0.5) is 5.69 Å². The highest BCUT2D eigenvalue weighted by atomic mass is 16.5. The largest absolute Gasteiger partial charge is 0.504 e. The van der Waals surface area contributed by atoms with E-state index in [4.69, 9.17) is 9.47 Å². The van der Waals surface area contributed by atoms with Crippen LogP contribution in [0.25, 0.3) is 11.1 Å². The quantitative estimate of drug-likeness (QED) is 0.608. The molecule has 2 aromatic carbocycles. The molecule has 7 nitrogen and oxygen atoms in total. The number of phenols is 1. The maximum Gasteiger partial charge on any atom is 0.259 e. The number of amides is 1. The average Bonchev–Trinajstić information content (AvgIpc) is 2.70. The Morgan fingerprint density at radius 3 is 2.61 bits per heavy atom. The third-order valence-corrected chi connectivity index (χ3v) is 4.10. The van der Waals surface area contributed by atoms with Gasteiger partial charge in [-0.05, 0) is 42.8 Å². The topological polar surface area (TPSA) is 101 Å². The zero-order valence-electron chi connectivity index (χ0n) is 15.5. The van der Waals surface area contributed by atoms with Gasteiger partial charge in [0.1, 0.15) is 5.75 Å². The molecule has 3 rings (SSSR count). The fourth-order valence-electron chi connectivity index (χ4n) is 2.74. The summed E-state index contributed by atoms with van der Waals surface area (Å²) in [7, 11) is 1.40. The number of pyridine rings is 1. The van der Waals surface area contributed by atoms with Gasteiger partial charge in [-0.25, -0.2) is 0 Å². The van der Waals surface area contributed by atoms with Crippen LogP contribution in [0.15, 0.2) is 59.5 Å². The number of benzene rings is 2. The van der Waals surface area contributed by atoms with E-state index in [2.05, 4.69) is 10.3 Å². The van der Waals surface area contributed by atoms with Crippen molar-refractivity contribution in [1.29, 1.82) is 0 Å². The van der Waals surface area contributed by atoms with E-state index in [-0.39, 0.29) is 22.6 Å². The summed E-state index contributed by atoms with van der Waals surface area (Å²) in [5, 5.41) is 12.8. The van der Waals surface area contributed by atoms with Crippen LogP contribution in [0, 0.1) is 0 Å². The Kier molecular flexibility index (Phi) is 5.64. The predicted molar refractivity (Wildman–Crippen MR) is 106 cm³/mol. The Labute approximate surface area is 161 Å². The SMILES string of the molecule is CCOc1ccc(-c2cc(NC(=O)c3cccc(OC)c3O)c[nH]c2=O)cc1. The van der Waals surface area contributed by atoms with Crippen LogP contribution in [0.2, 0.25) is 0 Å². The van der Waals surface area contributed by atoms with Gasteiger partial charge in [0.25, 0.3) is 11.5 Å². The molecule has 1 amide bonds. The summed E-state index contributed by atoms with van der Waals surface area (Å²) in [5.74, 6) is 0.129. The second kappa shape index (κ2) is 8.30. The average molecular weight is 380 g/mol. The number of hydrogen-bond acceptors (Lipinski definition) is 5. The predicted octanol–water partition coefficient (Wildman–Crippen LogP) is 3.41. The van der Waals surface area contributed by atoms with E-state index < -0.39 is 5.91 Å². The third kappa shape index (κ3) is 3.98. The first kappa shape index (κ1) is 19.0. The van der Waals surface area contributed by atoms with Crippen molar-refractivity contribution in [3.8, 4) is 28.4 Å². The van der Waals surface area contributed by atoms with Crippen molar-refractivity contribution in [2.24, 2.45) is 0 Å². The molecule has 0 unspecified atom stereocenters. The lowest BCUT2D eigenvalue weighted by atomic mass is 10.1. The smallest absolute Gasteiger partial charge is 0.259 e. The van der Waals surface area contributed by atoms with Gasteiger partial charge in [0.15, 0.2) is 11.5 Å². The summed E-state index contributed by atoms with van der Waals surface area (Å²) < 4.78 is 10.4. The number of methoxy groups -OCH3 is 1. The monoisotopic (exact) mass is 380 g/mol. The molecule has 1 aromatic heterocycles. The highest BCUT2D eigenvalue weighted by Crippen LogP contribution is 2.30. The minimum absolute atomic E-state index is 0.0631. The maximum atomic E-state index is 12.5. The van der Waals surface area contributed by atoms with Gasteiger partial charge in [0.2, 0.25) is 0 Å². The Hall–Kier alpha value is -3.74. The molecule has 3 N–H and O–H groups in total. The summed E-state index contributed by atoms with van der Waals surface area (Å²) in [6, 6.07) is 13.3. The van der Waals surface area contributed by atoms with Crippen LogP contribution in [-0.4, -0.2) is 29.7 Å².